The second kappa shape index (κ2) is 7.74. The van der Waals surface area contributed by atoms with Gasteiger partial charge in [0, 0.05) is 5.02 Å². The zero-order valence-corrected chi connectivity index (χ0v) is 18.1. The lowest BCUT2D eigenvalue weighted by Crippen LogP contribution is -2.06. The number of nitrogen functional groups attached to an aromatic ring is 1. The zero-order chi connectivity index (χ0) is 22.3. The van der Waals surface area contributed by atoms with Crippen LogP contribution in [0.3, 0.4) is 0 Å². The lowest BCUT2D eigenvalue weighted by Gasteiger charge is -2.04. The Kier molecular flexibility index (Phi) is 4.88. The standard InChI is InChI=1S/C23H16ClN5O2S/c24-16-8-6-7-15(13-16)14-26-29-22(25)21(32(30,31)17-9-2-1-3-10-17)20-23(29)28-19-12-5-4-11-18(19)27-20/h1-14H,25H2/b26-14+. The molecule has 5 rings (SSSR count). The molecular weight excluding hydrogens is 446 g/mol. The lowest BCUT2D eigenvalue weighted by atomic mass is 10.2. The minimum absolute atomic E-state index is 0.0718. The van der Waals surface area contributed by atoms with Gasteiger partial charge < -0.3 is 5.73 Å². The monoisotopic (exact) mass is 461 g/mol. The van der Waals surface area contributed by atoms with Gasteiger partial charge in [0.1, 0.15) is 16.2 Å². The Labute approximate surface area is 188 Å². The third kappa shape index (κ3) is 3.39. The van der Waals surface area contributed by atoms with Crippen LogP contribution in [0.4, 0.5) is 5.82 Å². The minimum atomic E-state index is -3.98. The summed E-state index contributed by atoms with van der Waals surface area (Å²) >= 11 is 6.06. The van der Waals surface area contributed by atoms with Crippen LogP contribution in [0.5, 0.6) is 0 Å². The van der Waals surface area contributed by atoms with Crippen molar-refractivity contribution in [2.45, 2.75) is 9.79 Å². The summed E-state index contributed by atoms with van der Waals surface area (Å²) in [6, 6.07) is 22.4. The van der Waals surface area contributed by atoms with Gasteiger partial charge in [0.05, 0.1) is 22.1 Å². The van der Waals surface area contributed by atoms with Gasteiger partial charge >= 0.3 is 0 Å². The first kappa shape index (κ1) is 20.2. The van der Waals surface area contributed by atoms with E-state index in [0.29, 0.717) is 16.1 Å². The fourth-order valence-electron chi connectivity index (χ4n) is 3.43. The molecule has 0 spiro atoms. The molecule has 2 N–H and O–H groups in total. The Morgan fingerprint density at radius 1 is 0.906 bits per heavy atom. The molecule has 0 aliphatic carbocycles. The van der Waals surface area contributed by atoms with Gasteiger partial charge in [0.2, 0.25) is 9.84 Å². The molecule has 5 aromatic rings. The van der Waals surface area contributed by atoms with Crippen LogP contribution in [0.25, 0.3) is 22.2 Å². The summed E-state index contributed by atoms with van der Waals surface area (Å²) in [5.74, 6) is -0.0718. The van der Waals surface area contributed by atoms with Crippen LogP contribution < -0.4 is 5.73 Å². The van der Waals surface area contributed by atoms with Crippen molar-refractivity contribution in [2.75, 3.05) is 5.73 Å². The van der Waals surface area contributed by atoms with Gasteiger partial charge in [0.15, 0.2) is 5.65 Å². The second-order valence-corrected chi connectivity index (χ2v) is 9.35. The van der Waals surface area contributed by atoms with Crippen LogP contribution in [-0.4, -0.2) is 29.3 Å². The molecule has 32 heavy (non-hydrogen) atoms. The molecule has 2 aromatic heterocycles. The van der Waals surface area contributed by atoms with Gasteiger partial charge in [-0.1, -0.05) is 54.1 Å². The van der Waals surface area contributed by atoms with Crippen molar-refractivity contribution in [3.63, 3.8) is 0 Å². The predicted octanol–water partition coefficient (Wildman–Crippen LogP) is 4.54. The van der Waals surface area contributed by atoms with Gasteiger partial charge in [-0.25, -0.2) is 18.4 Å². The third-order valence-electron chi connectivity index (χ3n) is 4.92. The Hall–Kier alpha value is -3.75. The predicted molar refractivity (Wildman–Crippen MR) is 126 cm³/mol. The van der Waals surface area contributed by atoms with E-state index in [1.165, 1.54) is 23.0 Å². The summed E-state index contributed by atoms with van der Waals surface area (Å²) in [6.07, 6.45) is 1.54. The van der Waals surface area contributed by atoms with Crippen LogP contribution in [0.1, 0.15) is 5.56 Å². The number of nitrogens with zero attached hydrogens (tertiary/aromatic N) is 4. The fraction of sp³-hybridized carbons (Fsp3) is 0. The number of aromatic nitrogens is 3. The van der Waals surface area contributed by atoms with Crippen LogP contribution in [0.2, 0.25) is 5.02 Å². The van der Waals surface area contributed by atoms with Gasteiger partial charge in [0.25, 0.3) is 0 Å². The Morgan fingerprint density at radius 2 is 1.59 bits per heavy atom. The first-order valence-electron chi connectivity index (χ1n) is 9.62. The Morgan fingerprint density at radius 3 is 2.31 bits per heavy atom. The fourth-order valence-corrected chi connectivity index (χ4v) is 5.14. The summed E-state index contributed by atoms with van der Waals surface area (Å²) in [4.78, 5) is 9.18. The number of hydrogen-bond donors (Lipinski definition) is 1. The molecule has 0 radical (unpaired) electrons. The largest absolute Gasteiger partial charge is 0.382 e. The first-order chi connectivity index (χ1) is 15.4. The van der Waals surface area contributed by atoms with Gasteiger partial charge in [-0.15, -0.1) is 0 Å². The maximum atomic E-state index is 13.5. The number of halogens is 1. The molecule has 0 aliphatic heterocycles. The van der Waals surface area contributed by atoms with Crippen molar-refractivity contribution in [1.29, 1.82) is 0 Å². The normalized spacial score (nSPS) is 12.2. The highest BCUT2D eigenvalue weighted by Crippen LogP contribution is 2.35. The smallest absolute Gasteiger partial charge is 0.212 e. The van der Waals surface area contributed by atoms with Crippen molar-refractivity contribution in [2.24, 2.45) is 5.10 Å². The summed E-state index contributed by atoms with van der Waals surface area (Å²) in [6.45, 7) is 0. The highest BCUT2D eigenvalue weighted by Gasteiger charge is 2.30. The SMILES string of the molecule is Nc1c(S(=O)(=O)c2ccccc2)c2nc3ccccc3nc2n1/N=C/c1cccc(Cl)c1. The number of nitrogens with two attached hydrogens (primary N) is 1. The molecule has 9 heteroatoms. The zero-order valence-electron chi connectivity index (χ0n) is 16.6. The molecule has 0 amide bonds. The number of rotatable bonds is 4. The molecule has 0 atom stereocenters. The lowest BCUT2D eigenvalue weighted by molar-refractivity contribution is 0.597. The van der Waals surface area contributed by atoms with E-state index in [1.54, 1.807) is 48.5 Å². The van der Waals surface area contributed by atoms with E-state index in [9.17, 15) is 8.42 Å². The maximum Gasteiger partial charge on any atom is 0.212 e. The molecule has 0 aliphatic rings. The highest BCUT2D eigenvalue weighted by atomic mass is 35.5. The molecule has 0 unspecified atom stereocenters. The molecular formula is C23H16ClN5O2S. The summed E-state index contributed by atoms with van der Waals surface area (Å²) in [5, 5.41) is 4.97. The van der Waals surface area contributed by atoms with Crippen molar-refractivity contribution in [3.05, 3.63) is 89.4 Å². The van der Waals surface area contributed by atoms with Gasteiger partial charge in [-0.05, 0) is 42.0 Å². The van der Waals surface area contributed by atoms with E-state index in [1.807, 2.05) is 18.2 Å². The Balaban J connectivity index is 1.81. The number of sulfone groups is 1. The molecule has 7 nitrogen and oxygen atoms in total. The van der Waals surface area contributed by atoms with E-state index in [-0.39, 0.29) is 26.8 Å². The summed E-state index contributed by atoms with van der Waals surface area (Å²) < 4.78 is 28.3. The number of hydrogen-bond acceptors (Lipinski definition) is 6. The van der Waals surface area contributed by atoms with Crippen LogP contribution >= 0.6 is 11.6 Å². The van der Waals surface area contributed by atoms with E-state index in [4.69, 9.17) is 17.3 Å². The quantitative estimate of drug-likeness (QED) is 0.396. The maximum absolute atomic E-state index is 13.5. The molecule has 3 aromatic carbocycles. The minimum Gasteiger partial charge on any atom is -0.382 e. The van der Waals surface area contributed by atoms with Crippen LogP contribution in [0, 0.1) is 0 Å². The molecule has 0 saturated heterocycles. The average Bonchev–Trinajstić information content (AvgIpc) is 3.07. The molecule has 0 bridgehead atoms. The van der Waals surface area contributed by atoms with E-state index in [2.05, 4.69) is 15.1 Å². The van der Waals surface area contributed by atoms with E-state index in [0.717, 1.165) is 5.56 Å². The number of fused-ring (bicyclic) bond motifs is 2. The Bertz CT molecular complexity index is 1610. The van der Waals surface area contributed by atoms with Crippen molar-refractivity contribution in [3.8, 4) is 0 Å². The van der Waals surface area contributed by atoms with E-state index >= 15 is 0 Å². The van der Waals surface area contributed by atoms with Gasteiger partial charge in [-0.2, -0.15) is 9.78 Å². The molecule has 2 heterocycles. The van der Waals surface area contributed by atoms with Crippen molar-refractivity contribution in [1.82, 2.24) is 14.6 Å². The molecule has 0 fully saturated rings. The summed E-state index contributed by atoms with van der Waals surface area (Å²) in [7, 11) is -3.98. The molecule has 0 saturated carbocycles. The van der Waals surface area contributed by atoms with E-state index < -0.39 is 9.84 Å². The summed E-state index contributed by atoms with van der Waals surface area (Å²) in [5.41, 5.74) is 8.64. The van der Waals surface area contributed by atoms with Crippen molar-refractivity contribution < 1.29 is 8.42 Å². The highest BCUT2D eigenvalue weighted by molar-refractivity contribution is 7.92. The molecule has 158 valence electrons. The average molecular weight is 462 g/mol. The van der Waals surface area contributed by atoms with Crippen LogP contribution in [-0.2, 0) is 9.84 Å². The number of para-hydroxylation sites is 2. The number of anilines is 1. The second-order valence-electron chi connectivity index (χ2n) is 7.03. The topological polar surface area (TPSA) is 103 Å². The number of benzene rings is 3. The third-order valence-corrected chi connectivity index (χ3v) is 6.99. The van der Waals surface area contributed by atoms with Gasteiger partial charge in [-0.3, -0.25) is 0 Å². The van der Waals surface area contributed by atoms with Crippen molar-refractivity contribution >= 4 is 55.7 Å². The first-order valence-corrected chi connectivity index (χ1v) is 11.5. The van der Waals surface area contributed by atoms with Crippen LogP contribution in [0.15, 0.2) is 93.8 Å².